The Morgan fingerprint density at radius 3 is 1.83 bits per heavy atom. The molecule has 0 aromatic rings. The van der Waals surface area contributed by atoms with Gasteiger partial charge in [0.05, 0.1) is 0 Å². The molecule has 0 heterocycles. The summed E-state index contributed by atoms with van der Waals surface area (Å²) in [5.41, 5.74) is 0. The average molecular weight is 190 g/mol. The van der Waals surface area contributed by atoms with Crippen molar-refractivity contribution in [3.05, 3.63) is 0 Å². The van der Waals surface area contributed by atoms with E-state index in [1.807, 2.05) is 0 Å². The lowest BCUT2D eigenvalue weighted by atomic mass is 10.1. The summed E-state index contributed by atoms with van der Waals surface area (Å²) in [5.74, 6) is -3.82. The van der Waals surface area contributed by atoms with Crippen molar-refractivity contribution in [3.8, 4) is 0 Å². The Hall–Kier alpha value is -0.350. The first-order valence-electron chi connectivity index (χ1n) is 3.60. The molecule has 0 nitrogen and oxygen atoms in total. The molecule has 0 N–H and O–H groups in total. The molecule has 0 aliphatic rings. The van der Waals surface area contributed by atoms with Crippen LogP contribution in [0.3, 0.4) is 0 Å². The number of alkyl halides is 5. The lowest BCUT2D eigenvalue weighted by Crippen LogP contribution is -2.39. The third kappa shape index (κ3) is 2.95. The standard InChI is InChI=1S/C7H11F5/c1-3-4(8)5(9)6(10)7(2,11)12/h4-6H,3H2,1-2H3/t4?,5?,6-/m0/s1. The molecule has 0 radical (unpaired) electrons. The van der Waals surface area contributed by atoms with Gasteiger partial charge in [-0.15, -0.1) is 0 Å². The number of hydrogen-bond donors (Lipinski definition) is 0. The largest absolute Gasteiger partial charge is 0.278 e. The second-order valence-electron chi connectivity index (χ2n) is 2.73. The smallest absolute Gasteiger partial charge is 0.244 e. The highest BCUT2D eigenvalue weighted by Gasteiger charge is 2.44. The Labute approximate surface area is 67.8 Å². The maximum Gasteiger partial charge on any atom is 0.278 e. The van der Waals surface area contributed by atoms with Crippen molar-refractivity contribution < 1.29 is 22.0 Å². The maximum atomic E-state index is 12.5. The molecule has 0 saturated heterocycles. The van der Waals surface area contributed by atoms with Gasteiger partial charge in [0.1, 0.15) is 6.17 Å². The van der Waals surface area contributed by atoms with E-state index in [-0.39, 0.29) is 13.3 Å². The third-order valence-corrected chi connectivity index (χ3v) is 1.50. The minimum absolute atomic E-state index is 0.229. The molecule has 0 rings (SSSR count). The second kappa shape index (κ2) is 4.05. The monoisotopic (exact) mass is 190 g/mol. The molecule has 3 atom stereocenters. The highest BCUT2D eigenvalue weighted by atomic mass is 19.3. The minimum Gasteiger partial charge on any atom is -0.244 e. The van der Waals surface area contributed by atoms with E-state index >= 15 is 0 Å². The van der Waals surface area contributed by atoms with E-state index < -0.39 is 24.4 Å². The first-order chi connectivity index (χ1) is 5.30. The fourth-order valence-corrected chi connectivity index (χ4v) is 0.688. The van der Waals surface area contributed by atoms with Crippen LogP contribution in [0.1, 0.15) is 20.3 Å². The van der Waals surface area contributed by atoms with Crippen molar-refractivity contribution in [1.29, 1.82) is 0 Å². The maximum absolute atomic E-state index is 12.5. The van der Waals surface area contributed by atoms with Crippen LogP contribution in [0.4, 0.5) is 22.0 Å². The highest BCUT2D eigenvalue weighted by molar-refractivity contribution is 4.83. The topological polar surface area (TPSA) is 0 Å². The minimum atomic E-state index is -3.82. The summed E-state index contributed by atoms with van der Waals surface area (Å²) in [6.07, 6.45) is -8.27. The van der Waals surface area contributed by atoms with Crippen LogP contribution in [0.2, 0.25) is 0 Å². The fourth-order valence-electron chi connectivity index (χ4n) is 0.688. The Morgan fingerprint density at radius 2 is 1.58 bits per heavy atom. The lowest BCUT2D eigenvalue weighted by Gasteiger charge is -2.21. The van der Waals surface area contributed by atoms with E-state index in [0.29, 0.717) is 0 Å². The summed E-state index contributed by atoms with van der Waals surface area (Å²) < 4.78 is 61.4. The van der Waals surface area contributed by atoms with Gasteiger partial charge in [0.15, 0.2) is 12.3 Å². The Kier molecular flexibility index (Phi) is 3.93. The van der Waals surface area contributed by atoms with Crippen LogP contribution < -0.4 is 0 Å². The van der Waals surface area contributed by atoms with Crippen molar-refractivity contribution in [2.75, 3.05) is 0 Å². The van der Waals surface area contributed by atoms with Crippen LogP contribution >= 0.6 is 0 Å². The molecular weight excluding hydrogens is 179 g/mol. The van der Waals surface area contributed by atoms with E-state index in [0.717, 1.165) is 0 Å². The number of hydrogen-bond acceptors (Lipinski definition) is 0. The fraction of sp³-hybridized carbons (Fsp3) is 1.00. The normalized spacial score (nSPS) is 20.2. The first kappa shape index (κ1) is 11.6. The van der Waals surface area contributed by atoms with E-state index in [4.69, 9.17) is 0 Å². The van der Waals surface area contributed by atoms with Gasteiger partial charge in [0, 0.05) is 6.92 Å². The van der Waals surface area contributed by atoms with Gasteiger partial charge in [-0.25, -0.2) is 22.0 Å². The van der Waals surface area contributed by atoms with Gasteiger partial charge >= 0.3 is 0 Å². The molecule has 0 aliphatic carbocycles. The molecule has 0 aromatic heterocycles. The molecule has 12 heavy (non-hydrogen) atoms. The Morgan fingerprint density at radius 1 is 1.17 bits per heavy atom. The van der Waals surface area contributed by atoms with Gasteiger partial charge in [-0.2, -0.15) is 0 Å². The molecule has 0 fully saturated rings. The zero-order valence-corrected chi connectivity index (χ0v) is 6.83. The number of halogens is 5. The van der Waals surface area contributed by atoms with Crippen molar-refractivity contribution in [2.45, 2.75) is 44.7 Å². The molecule has 0 bridgehead atoms. The number of rotatable bonds is 4. The van der Waals surface area contributed by atoms with E-state index in [1.165, 1.54) is 6.92 Å². The predicted molar refractivity (Wildman–Crippen MR) is 35.6 cm³/mol. The molecule has 2 unspecified atom stereocenters. The predicted octanol–water partition coefficient (Wildman–Crippen LogP) is 3.07. The second-order valence-corrected chi connectivity index (χ2v) is 2.73. The van der Waals surface area contributed by atoms with Gasteiger partial charge in [0.25, 0.3) is 5.92 Å². The van der Waals surface area contributed by atoms with Crippen molar-refractivity contribution >= 4 is 0 Å². The third-order valence-electron chi connectivity index (χ3n) is 1.50. The molecule has 0 aliphatic heterocycles. The Balaban J connectivity index is 4.19. The van der Waals surface area contributed by atoms with Gasteiger partial charge in [-0.1, -0.05) is 6.92 Å². The van der Waals surface area contributed by atoms with Crippen LogP contribution in [-0.2, 0) is 0 Å². The summed E-state index contributed by atoms with van der Waals surface area (Å²) in [4.78, 5) is 0. The van der Waals surface area contributed by atoms with E-state index in [2.05, 4.69) is 0 Å². The Bertz CT molecular complexity index is 130. The average Bonchev–Trinajstić information content (AvgIpc) is 1.98. The molecule has 0 amide bonds. The molecule has 74 valence electrons. The van der Waals surface area contributed by atoms with Gasteiger partial charge < -0.3 is 0 Å². The summed E-state index contributed by atoms with van der Waals surface area (Å²) in [7, 11) is 0. The van der Waals surface area contributed by atoms with Crippen LogP contribution in [0.15, 0.2) is 0 Å². The van der Waals surface area contributed by atoms with Crippen LogP contribution in [0.5, 0.6) is 0 Å². The van der Waals surface area contributed by atoms with Crippen LogP contribution in [-0.4, -0.2) is 24.4 Å². The highest BCUT2D eigenvalue weighted by Crippen LogP contribution is 2.28. The SMILES string of the molecule is CCC(F)C(F)[C@H](F)C(C)(F)F. The van der Waals surface area contributed by atoms with E-state index in [9.17, 15) is 22.0 Å². The summed E-state index contributed by atoms with van der Waals surface area (Å²) in [6, 6.07) is 0. The van der Waals surface area contributed by atoms with Crippen LogP contribution in [0.25, 0.3) is 0 Å². The lowest BCUT2D eigenvalue weighted by molar-refractivity contribution is -0.0982. The van der Waals surface area contributed by atoms with E-state index in [1.54, 1.807) is 0 Å². The molecular formula is C7H11F5. The summed E-state index contributed by atoms with van der Waals surface area (Å²) >= 11 is 0. The molecule has 0 aromatic carbocycles. The summed E-state index contributed by atoms with van der Waals surface area (Å²) in [6.45, 7) is 1.49. The zero-order chi connectivity index (χ0) is 9.94. The van der Waals surface area contributed by atoms with Crippen molar-refractivity contribution in [2.24, 2.45) is 0 Å². The van der Waals surface area contributed by atoms with Gasteiger partial charge in [0.2, 0.25) is 0 Å². The van der Waals surface area contributed by atoms with Crippen molar-refractivity contribution in [3.63, 3.8) is 0 Å². The molecule has 0 saturated carbocycles. The molecule has 0 spiro atoms. The summed E-state index contributed by atoms with van der Waals surface area (Å²) in [5, 5.41) is 0. The zero-order valence-electron chi connectivity index (χ0n) is 6.83. The van der Waals surface area contributed by atoms with Crippen molar-refractivity contribution in [1.82, 2.24) is 0 Å². The van der Waals surface area contributed by atoms with Gasteiger partial charge in [-0.05, 0) is 6.42 Å². The van der Waals surface area contributed by atoms with Crippen LogP contribution in [0, 0.1) is 0 Å². The quantitative estimate of drug-likeness (QED) is 0.597. The van der Waals surface area contributed by atoms with Gasteiger partial charge in [-0.3, -0.25) is 0 Å². The first-order valence-corrected chi connectivity index (χ1v) is 3.60. The molecule has 5 heteroatoms.